The Balaban J connectivity index is 1.61. The van der Waals surface area contributed by atoms with Crippen molar-refractivity contribution in [1.29, 1.82) is 0 Å². The highest BCUT2D eigenvalue weighted by Gasteiger charge is 2.51. The molecule has 2 aliphatic rings. The van der Waals surface area contributed by atoms with Gasteiger partial charge in [0, 0.05) is 54.3 Å². The zero-order valence-electron chi connectivity index (χ0n) is 18.8. The average molecular weight is 419 g/mol. The maximum absolute atomic E-state index is 13.0. The second-order valence-electron chi connectivity index (χ2n) is 8.88. The van der Waals surface area contributed by atoms with E-state index in [1.807, 2.05) is 45.2 Å². The monoisotopic (exact) mass is 418 g/mol. The minimum atomic E-state index is -0.884. The Hall–Kier alpha value is -3.08. The molecule has 5 heteroatoms. The van der Waals surface area contributed by atoms with Crippen molar-refractivity contribution in [3.63, 3.8) is 0 Å². The lowest BCUT2D eigenvalue weighted by atomic mass is 9.67. The molecule has 4 rings (SSSR count). The SMILES string of the molecule is CCN(CC)c1ccc(C2C(=O)C(/C=C3/N(C)c4ccccc4C3(C)C)C2=O)c(O)c1. The molecular formula is C26H30N2O3. The van der Waals surface area contributed by atoms with Crippen molar-refractivity contribution in [3.05, 3.63) is 65.4 Å². The van der Waals surface area contributed by atoms with Crippen LogP contribution in [0.2, 0.25) is 0 Å². The molecule has 1 fully saturated rings. The third-order valence-electron chi connectivity index (χ3n) is 6.90. The number of Topliss-reactive ketones (excluding diaryl/α,β-unsaturated/α-hetero) is 2. The topological polar surface area (TPSA) is 60.9 Å². The maximum atomic E-state index is 13.0. The normalized spacial score (nSPS) is 23.1. The number of hydrogen-bond acceptors (Lipinski definition) is 5. The zero-order valence-corrected chi connectivity index (χ0v) is 18.8. The summed E-state index contributed by atoms with van der Waals surface area (Å²) in [5.74, 6) is -1.94. The number of hydrogen-bond donors (Lipinski definition) is 1. The van der Waals surface area contributed by atoms with Gasteiger partial charge in [-0.2, -0.15) is 0 Å². The van der Waals surface area contributed by atoms with E-state index in [4.69, 9.17) is 0 Å². The van der Waals surface area contributed by atoms with Gasteiger partial charge >= 0.3 is 0 Å². The Kier molecular flexibility index (Phi) is 5.16. The summed E-state index contributed by atoms with van der Waals surface area (Å²) >= 11 is 0. The van der Waals surface area contributed by atoms with E-state index in [-0.39, 0.29) is 22.7 Å². The number of nitrogens with zero attached hydrogens (tertiary/aromatic N) is 2. The van der Waals surface area contributed by atoms with E-state index in [0.29, 0.717) is 5.56 Å². The molecular weight excluding hydrogens is 388 g/mol. The molecule has 1 aliphatic carbocycles. The van der Waals surface area contributed by atoms with E-state index < -0.39 is 11.8 Å². The molecule has 0 saturated heterocycles. The van der Waals surface area contributed by atoms with Gasteiger partial charge in [0.25, 0.3) is 0 Å². The molecule has 0 unspecified atom stereocenters. The number of aromatic hydroxyl groups is 1. The van der Waals surface area contributed by atoms with Crippen molar-refractivity contribution >= 4 is 22.9 Å². The highest BCUT2D eigenvalue weighted by atomic mass is 16.3. The van der Waals surface area contributed by atoms with Crippen molar-refractivity contribution in [1.82, 2.24) is 0 Å². The summed E-state index contributed by atoms with van der Waals surface area (Å²) in [5, 5.41) is 10.6. The number of phenols is 1. The molecule has 31 heavy (non-hydrogen) atoms. The van der Waals surface area contributed by atoms with E-state index in [0.717, 1.165) is 30.2 Å². The van der Waals surface area contributed by atoms with Crippen LogP contribution in [0.15, 0.2) is 54.2 Å². The standard InChI is InChI=1S/C26H30N2O3/c1-6-28(7-2)16-12-13-17(21(29)14-16)23-24(30)18(25(23)31)15-22-26(3,4)19-10-8-9-11-20(19)27(22)5/h8-15,18,23,29H,6-7H2,1-5H3/b22-15+. The molecule has 1 aliphatic heterocycles. The first-order valence-electron chi connectivity index (χ1n) is 10.9. The molecule has 1 N–H and O–H groups in total. The number of fused-ring (bicyclic) bond motifs is 1. The molecule has 2 aromatic rings. The summed E-state index contributed by atoms with van der Waals surface area (Å²) in [6.45, 7) is 9.96. The van der Waals surface area contributed by atoms with Gasteiger partial charge < -0.3 is 14.9 Å². The van der Waals surface area contributed by atoms with E-state index in [9.17, 15) is 14.7 Å². The van der Waals surface area contributed by atoms with Crippen LogP contribution in [0, 0.1) is 5.92 Å². The third kappa shape index (κ3) is 3.14. The number of carbonyl (C=O) groups is 2. The van der Waals surface area contributed by atoms with Crippen LogP contribution in [0.25, 0.3) is 0 Å². The summed E-state index contributed by atoms with van der Waals surface area (Å²) in [6.07, 6.45) is 1.82. The number of anilines is 2. The van der Waals surface area contributed by atoms with Crippen LogP contribution in [0.4, 0.5) is 11.4 Å². The molecule has 0 amide bonds. The van der Waals surface area contributed by atoms with E-state index in [1.165, 1.54) is 5.56 Å². The molecule has 0 spiro atoms. The molecule has 2 aromatic carbocycles. The predicted octanol–water partition coefficient (Wildman–Crippen LogP) is 4.40. The van der Waals surface area contributed by atoms with Gasteiger partial charge in [-0.05, 0) is 37.6 Å². The molecule has 0 bridgehead atoms. The van der Waals surface area contributed by atoms with Gasteiger partial charge in [0.1, 0.15) is 11.7 Å². The molecule has 5 nitrogen and oxygen atoms in total. The number of likely N-dealkylation sites (N-methyl/N-ethyl adjacent to an activating group) is 1. The van der Waals surface area contributed by atoms with Crippen LogP contribution in [0.3, 0.4) is 0 Å². The summed E-state index contributed by atoms with van der Waals surface area (Å²) in [4.78, 5) is 30.2. The first kappa shape index (κ1) is 21.2. The quantitative estimate of drug-likeness (QED) is 0.729. The fourth-order valence-electron chi connectivity index (χ4n) is 5.04. The Labute approximate surface area is 184 Å². The number of allylic oxidation sites excluding steroid dienone is 2. The largest absolute Gasteiger partial charge is 0.508 e. The van der Waals surface area contributed by atoms with Crippen molar-refractivity contribution in [2.24, 2.45) is 5.92 Å². The minimum Gasteiger partial charge on any atom is -0.508 e. The fourth-order valence-corrected chi connectivity index (χ4v) is 5.04. The molecule has 1 heterocycles. The second-order valence-corrected chi connectivity index (χ2v) is 8.88. The van der Waals surface area contributed by atoms with Gasteiger partial charge in [-0.3, -0.25) is 9.59 Å². The Morgan fingerprint density at radius 1 is 1.06 bits per heavy atom. The highest BCUT2D eigenvalue weighted by Crippen LogP contribution is 2.49. The Morgan fingerprint density at radius 2 is 1.71 bits per heavy atom. The number of rotatable bonds is 5. The second kappa shape index (κ2) is 7.56. The number of carbonyl (C=O) groups excluding carboxylic acids is 2. The molecule has 0 atom stereocenters. The lowest BCUT2D eigenvalue weighted by Gasteiger charge is -2.33. The van der Waals surface area contributed by atoms with E-state index >= 15 is 0 Å². The van der Waals surface area contributed by atoms with Crippen LogP contribution in [-0.2, 0) is 15.0 Å². The summed E-state index contributed by atoms with van der Waals surface area (Å²) in [5.41, 5.74) is 4.24. The first-order chi connectivity index (χ1) is 14.7. The van der Waals surface area contributed by atoms with E-state index in [2.05, 4.69) is 35.8 Å². The van der Waals surface area contributed by atoms with Crippen LogP contribution in [0.1, 0.15) is 44.7 Å². The maximum Gasteiger partial charge on any atom is 0.162 e. The van der Waals surface area contributed by atoms with Crippen LogP contribution >= 0.6 is 0 Å². The summed E-state index contributed by atoms with van der Waals surface area (Å²) in [6, 6.07) is 13.4. The molecule has 1 saturated carbocycles. The predicted molar refractivity (Wildman–Crippen MR) is 124 cm³/mol. The van der Waals surface area contributed by atoms with Crippen molar-refractivity contribution in [2.45, 2.75) is 39.0 Å². The molecule has 162 valence electrons. The smallest absolute Gasteiger partial charge is 0.162 e. The minimum absolute atomic E-state index is 0.00734. The lowest BCUT2D eigenvalue weighted by Crippen LogP contribution is -2.46. The van der Waals surface area contributed by atoms with Crippen LogP contribution in [-0.4, -0.2) is 36.8 Å². The van der Waals surface area contributed by atoms with Gasteiger partial charge in [0.05, 0.1) is 5.92 Å². The number of phenolic OH excluding ortho intramolecular Hbond substituents is 1. The Morgan fingerprint density at radius 3 is 2.29 bits per heavy atom. The number of ketones is 2. The number of benzene rings is 2. The highest BCUT2D eigenvalue weighted by molar-refractivity contribution is 6.29. The summed E-state index contributed by atoms with van der Waals surface area (Å²) in [7, 11) is 1.97. The van der Waals surface area contributed by atoms with Crippen molar-refractivity contribution in [3.8, 4) is 5.75 Å². The van der Waals surface area contributed by atoms with Gasteiger partial charge in [-0.15, -0.1) is 0 Å². The third-order valence-corrected chi connectivity index (χ3v) is 6.90. The van der Waals surface area contributed by atoms with Crippen molar-refractivity contribution < 1.29 is 14.7 Å². The Bertz CT molecular complexity index is 1070. The fraction of sp³-hybridized carbons (Fsp3) is 0.385. The van der Waals surface area contributed by atoms with E-state index in [1.54, 1.807) is 12.1 Å². The first-order valence-corrected chi connectivity index (χ1v) is 10.9. The van der Waals surface area contributed by atoms with Gasteiger partial charge in [0.15, 0.2) is 11.6 Å². The van der Waals surface area contributed by atoms with Crippen LogP contribution < -0.4 is 9.80 Å². The molecule has 0 aromatic heterocycles. The van der Waals surface area contributed by atoms with Gasteiger partial charge in [0.2, 0.25) is 0 Å². The van der Waals surface area contributed by atoms with Gasteiger partial charge in [-0.1, -0.05) is 38.1 Å². The summed E-state index contributed by atoms with van der Waals surface area (Å²) < 4.78 is 0. The van der Waals surface area contributed by atoms with Crippen LogP contribution in [0.5, 0.6) is 5.75 Å². The molecule has 0 radical (unpaired) electrons. The van der Waals surface area contributed by atoms with Gasteiger partial charge in [-0.25, -0.2) is 0 Å². The van der Waals surface area contributed by atoms with Crippen molar-refractivity contribution in [2.75, 3.05) is 29.9 Å². The number of para-hydroxylation sites is 1. The average Bonchev–Trinajstić information content (AvgIpc) is 2.95. The lowest BCUT2D eigenvalue weighted by molar-refractivity contribution is -0.144. The zero-order chi connectivity index (χ0) is 22.5.